The SMILES string of the molecule is Cc1ccc(N/N=C\C=N)c(C(=O)N(CCC=O)CCN(C)c2nc3cc(Cl)ccc3o2)c1. The molecule has 1 heterocycles. The Labute approximate surface area is 196 Å². The number of halogens is 1. The van der Waals surface area contributed by atoms with E-state index in [1.54, 1.807) is 40.1 Å². The number of benzene rings is 2. The third-order valence-corrected chi connectivity index (χ3v) is 5.15. The van der Waals surface area contributed by atoms with Gasteiger partial charge in [0.25, 0.3) is 11.9 Å². The van der Waals surface area contributed by atoms with Gasteiger partial charge in [0.15, 0.2) is 5.58 Å². The van der Waals surface area contributed by atoms with Gasteiger partial charge in [0.2, 0.25) is 0 Å². The van der Waals surface area contributed by atoms with Crippen LogP contribution in [0, 0.1) is 12.3 Å². The minimum Gasteiger partial charge on any atom is -0.423 e. The molecular weight excluding hydrogens is 444 g/mol. The van der Waals surface area contributed by atoms with Crippen LogP contribution in [0.2, 0.25) is 5.02 Å². The quantitative estimate of drug-likeness (QED) is 0.249. The smallest absolute Gasteiger partial charge is 0.298 e. The highest BCUT2D eigenvalue weighted by Gasteiger charge is 2.20. The van der Waals surface area contributed by atoms with Crippen molar-refractivity contribution in [2.75, 3.05) is 37.0 Å². The summed E-state index contributed by atoms with van der Waals surface area (Å²) >= 11 is 6.02. The number of nitrogens with zero attached hydrogens (tertiary/aromatic N) is 4. The molecule has 2 aromatic carbocycles. The van der Waals surface area contributed by atoms with Crippen molar-refractivity contribution in [3.05, 3.63) is 52.5 Å². The summed E-state index contributed by atoms with van der Waals surface area (Å²) in [6.07, 6.45) is 3.32. The van der Waals surface area contributed by atoms with Gasteiger partial charge >= 0.3 is 0 Å². The van der Waals surface area contributed by atoms with E-state index in [4.69, 9.17) is 21.4 Å². The third-order valence-electron chi connectivity index (χ3n) is 4.91. The fraction of sp³-hybridized carbons (Fsp3) is 0.261. The Hall–Kier alpha value is -3.72. The lowest BCUT2D eigenvalue weighted by molar-refractivity contribution is -0.108. The summed E-state index contributed by atoms with van der Waals surface area (Å²) in [7, 11) is 1.82. The molecule has 0 aliphatic carbocycles. The number of amides is 1. The zero-order valence-electron chi connectivity index (χ0n) is 18.4. The van der Waals surface area contributed by atoms with Crippen molar-refractivity contribution in [3.8, 4) is 0 Å². The summed E-state index contributed by atoms with van der Waals surface area (Å²) < 4.78 is 5.79. The van der Waals surface area contributed by atoms with E-state index in [1.165, 1.54) is 6.21 Å². The van der Waals surface area contributed by atoms with E-state index in [1.807, 2.05) is 20.0 Å². The number of hydrazone groups is 1. The van der Waals surface area contributed by atoms with Crippen LogP contribution in [0.25, 0.3) is 11.1 Å². The van der Waals surface area contributed by atoms with Crippen LogP contribution in [0.5, 0.6) is 0 Å². The van der Waals surface area contributed by atoms with Crippen LogP contribution in [0.3, 0.4) is 0 Å². The van der Waals surface area contributed by atoms with Gasteiger partial charge in [-0.1, -0.05) is 23.2 Å². The standard InChI is InChI=1S/C23H25ClN6O3/c1-16-4-6-19(28-26-9-8-25)18(14-16)22(32)30(10-3-13-31)12-11-29(2)23-27-20-15-17(24)5-7-21(20)33-23/h4-9,13-15,25,28H,3,10-12H2,1-2H3/b25-8?,26-9-. The van der Waals surface area contributed by atoms with Crippen LogP contribution in [-0.4, -0.2) is 61.2 Å². The lowest BCUT2D eigenvalue weighted by atomic mass is 10.1. The fourth-order valence-electron chi connectivity index (χ4n) is 3.19. The molecule has 1 aromatic heterocycles. The molecule has 1 amide bonds. The first kappa shape index (κ1) is 23.9. The predicted molar refractivity (Wildman–Crippen MR) is 131 cm³/mol. The monoisotopic (exact) mass is 468 g/mol. The lowest BCUT2D eigenvalue weighted by Gasteiger charge is -2.25. The van der Waals surface area contributed by atoms with Gasteiger partial charge in [0.05, 0.1) is 17.5 Å². The Morgan fingerprint density at radius 3 is 2.82 bits per heavy atom. The van der Waals surface area contributed by atoms with E-state index in [-0.39, 0.29) is 18.9 Å². The molecule has 0 saturated carbocycles. The second kappa shape index (κ2) is 11.2. The maximum absolute atomic E-state index is 13.4. The molecule has 2 N–H and O–H groups in total. The van der Waals surface area contributed by atoms with Crippen LogP contribution in [0.4, 0.5) is 11.7 Å². The molecule has 0 saturated heterocycles. The van der Waals surface area contributed by atoms with Crippen LogP contribution < -0.4 is 10.3 Å². The normalized spacial score (nSPS) is 11.0. The highest BCUT2D eigenvalue weighted by atomic mass is 35.5. The number of likely N-dealkylation sites (N-methyl/N-ethyl adjacent to an activating group) is 1. The molecule has 0 bridgehead atoms. The van der Waals surface area contributed by atoms with Crippen molar-refractivity contribution in [2.24, 2.45) is 5.10 Å². The zero-order valence-corrected chi connectivity index (χ0v) is 19.2. The number of carbonyl (C=O) groups excluding carboxylic acids is 2. The van der Waals surface area contributed by atoms with Crippen molar-refractivity contribution in [1.29, 1.82) is 5.41 Å². The van der Waals surface area contributed by atoms with Crippen molar-refractivity contribution in [2.45, 2.75) is 13.3 Å². The Balaban J connectivity index is 1.78. The summed E-state index contributed by atoms with van der Waals surface area (Å²) in [5.41, 5.74) is 5.94. The number of nitrogens with one attached hydrogen (secondary N) is 2. The number of hydrogen-bond donors (Lipinski definition) is 2. The molecule has 3 rings (SSSR count). The molecule has 3 aromatic rings. The average molecular weight is 469 g/mol. The third kappa shape index (κ3) is 6.17. The second-order valence-corrected chi connectivity index (χ2v) is 7.82. The average Bonchev–Trinajstić information content (AvgIpc) is 3.23. The van der Waals surface area contributed by atoms with E-state index in [0.717, 1.165) is 18.1 Å². The number of aromatic nitrogens is 1. The van der Waals surface area contributed by atoms with Gasteiger partial charge in [0, 0.05) is 44.3 Å². The van der Waals surface area contributed by atoms with E-state index in [2.05, 4.69) is 15.5 Å². The minimum absolute atomic E-state index is 0.220. The Kier molecular flexibility index (Phi) is 8.15. The van der Waals surface area contributed by atoms with Crippen molar-refractivity contribution in [3.63, 3.8) is 0 Å². The highest BCUT2D eigenvalue weighted by Crippen LogP contribution is 2.24. The number of anilines is 2. The molecule has 0 aliphatic rings. The molecule has 0 fully saturated rings. The molecule has 33 heavy (non-hydrogen) atoms. The van der Waals surface area contributed by atoms with Gasteiger partial charge in [-0.2, -0.15) is 10.1 Å². The number of oxazole rings is 1. The number of aldehydes is 1. The molecule has 172 valence electrons. The molecular formula is C23H25ClN6O3. The fourth-order valence-corrected chi connectivity index (χ4v) is 3.35. The molecule has 9 nitrogen and oxygen atoms in total. The number of carbonyl (C=O) groups is 2. The predicted octanol–water partition coefficient (Wildman–Crippen LogP) is 4.00. The lowest BCUT2D eigenvalue weighted by Crippen LogP contribution is -2.38. The number of rotatable bonds is 11. The summed E-state index contributed by atoms with van der Waals surface area (Å²) in [5, 5.41) is 11.5. The number of aryl methyl sites for hydroxylation is 1. The zero-order chi connectivity index (χ0) is 23.8. The van der Waals surface area contributed by atoms with Gasteiger partial charge in [-0.15, -0.1) is 0 Å². The second-order valence-electron chi connectivity index (χ2n) is 7.38. The van der Waals surface area contributed by atoms with Crippen molar-refractivity contribution >= 4 is 59.0 Å². The van der Waals surface area contributed by atoms with E-state index >= 15 is 0 Å². The Morgan fingerprint density at radius 2 is 2.06 bits per heavy atom. The number of hydrogen-bond acceptors (Lipinski definition) is 8. The summed E-state index contributed by atoms with van der Waals surface area (Å²) in [4.78, 5) is 32.3. The largest absolute Gasteiger partial charge is 0.423 e. The summed E-state index contributed by atoms with van der Waals surface area (Å²) in [5.74, 6) is -0.231. The van der Waals surface area contributed by atoms with Gasteiger partial charge in [-0.3, -0.25) is 10.2 Å². The van der Waals surface area contributed by atoms with Crippen LogP contribution in [0.1, 0.15) is 22.3 Å². The van der Waals surface area contributed by atoms with Crippen LogP contribution in [-0.2, 0) is 4.79 Å². The van der Waals surface area contributed by atoms with E-state index < -0.39 is 0 Å². The molecule has 0 unspecified atom stereocenters. The maximum Gasteiger partial charge on any atom is 0.298 e. The molecule has 10 heteroatoms. The summed E-state index contributed by atoms with van der Waals surface area (Å²) in [6, 6.07) is 11.0. The Bertz CT molecular complexity index is 1180. The maximum atomic E-state index is 13.4. The summed E-state index contributed by atoms with van der Waals surface area (Å²) in [6.45, 7) is 2.95. The van der Waals surface area contributed by atoms with Crippen LogP contribution in [0.15, 0.2) is 45.9 Å². The molecule has 0 atom stereocenters. The highest BCUT2D eigenvalue weighted by molar-refractivity contribution is 6.31. The van der Waals surface area contributed by atoms with Gasteiger partial charge in [0.1, 0.15) is 11.8 Å². The van der Waals surface area contributed by atoms with Crippen LogP contribution >= 0.6 is 11.6 Å². The van der Waals surface area contributed by atoms with Gasteiger partial charge in [-0.05, 0) is 37.3 Å². The first-order chi connectivity index (χ1) is 15.9. The first-order valence-corrected chi connectivity index (χ1v) is 10.7. The number of fused-ring (bicyclic) bond motifs is 1. The van der Waals surface area contributed by atoms with E-state index in [0.29, 0.717) is 46.5 Å². The van der Waals surface area contributed by atoms with Crippen molar-refractivity contribution in [1.82, 2.24) is 9.88 Å². The van der Waals surface area contributed by atoms with Gasteiger partial charge in [-0.25, -0.2) is 0 Å². The molecule has 0 spiro atoms. The van der Waals surface area contributed by atoms with Crippen molar-refractivity contribution < 1.29 is 14.0 Å². The first-order valence-electron chi connectivity index (χ1n) is 10.3. The minimum atomic E-state index is -0.231. The van der Waals surface area contributed by atoms with E-state index in [9.17, 15) is 9.59 Å². The molecule has 0 radical (unpaired) electrons. The molecule has 0 aliphatic heterocycles. The van der Waals surface area contributed by atoms with Gasteiger partial charge < -0.3 is 24.4 Å². The topological polar surface area (TPSA) is 115 Å². The Morgan fingerprint density at radius 1 is 1.24 bits per heavy atom.